The number of hydrogen-bond donors (Lipinski definition) is 4. The molecule has 0 spiro atoms. The highest BCUT2D eigenvalue weighted by Gasteiger charge is 2.10. The molecule has 4 N–H and O–H groups in total. The van der Waals surface area contributed by atoms with Gasteiger partial charge in [0.1, 0.15) is 5.75 Å². The molecule has 0 atom stereocenters. The van der Waals surface area contributed by atoms with Crippen LogP contribution in [-0.2, 0) is 6.42 Å². The van der Waals surface area contributed by atoms with E-state index in [9.17, 15) is 4.79 Å². The Balaban J connectivity index is 1.24. The van der Waals surface area contributed by atoms with Crippen LogP contribution >= 0.6 is 12.2 Å². The second-order valence-corrected chi connectivity index (χ2v) is 8.21. The van der Waals surface area contributed by atoms with Crippen LogP contribution in [0.4, 0.5) is 5.69 Å². The number of anilines is 1. The average Bonchev–Trinajstić information content (AvgIpc) is 3.19. The number of rotatable bonds is 8. The van der Waals surface area contributed by atoms with Crippen LogP contribution in [0.2, 0.25) is 0 Å². The van der Waals surface area contributed by atoms with Crippen LogP contribution in [0.1, 0.15) is 27.3 Å². The lowest BCUT2D eigenvalue weighted by Gasteiger charge is -2.09. The molecule has 4 aromatic rings. The summed E-state index contributed by atoms with van der Waals surface area (Å²) in [5, 5.41) is 11.6. The zero-order chi connectivity index (χ0) is 24.6. The Morgan fingerprint density at radius 1 is 1.14 bits per heavy atom. The fraction of sp³-hybridized carbons (Fsp3) is 0.154. The van der Waals surface area contributed by atoms with E-state index >= 15 is 0 Å². The number of carbonyl (C=O) groups excluding carboxylic acids is 1. The molecule has 0 aliphatic heterocycles. The molecule has 0 radical (unpaired) electrons. The Morgan fingerprint density at radius 3 is 2.69 bits per heavy atom. The highest BCUT2D eigenvalue weighted by molar-refractivity contribution is 7.80. The van der Waals surface area contributed by atoms with Crippen LogP contribution in [0.15, 0.2) is 72.0 Å². The molecule has 178 valence electrons. The van der Waals surface area contributed by atoms with E-state index in [1.165, 1.54) is 10.9 Å². The standard InChI is InChI=1S/C26H26N6O2S/c1-17-22(23-5-3-4-6-24(23)30-17)13-14-27-25(33)18-7-9-19(10-8-18)31-26(35)32-29-15-20-11-12-21(34-2)16-28-20/h3-12,15-16,30H,13-14H2,1-2H3,(H,27,33)(H2,31,32,35)/b29-15+. The van der Waals surface area contributed by atoms with Crippen molar-refractivity contribution in [3.8, 4) is 5.75 Å². The van der Waals surface area contributed by atoms with Gasteiger partial charge in [-0.3, -0.25) is 15.2 Å². The summed E-state index contributed by atoms with van der Waals surface area (Å²) in [6, 6.07) is 18.9. The minimum absolute atomic E-state index is 0.119. The smallest absolute Gasteiger partial charge is 0.251 e. The van der Waals surface area contributed by atoms with Crippen LogP contribution in [0.5, 0.6) is 5.75 Å². The van der Waals surface area contributed by atoms with Gasteiger partial charge in [-0.05, 0) is 73.6 Å². The van der Waals surface area contributed by atoms with Gasteiger partial charge < -0.3 is 20.4 Å². The molecule has 2 aromatic heterocycles. The van der Waals surface area contributed by atoms with Gasteiger partial charge in [0.25, 0.3) is 5.91 Å². The third kappa shape index (κ3) is 6.21. The third-order valence-corrected chi connectivity index (χ3v) is 5.64. The van der Waals surface area contributed by atoms with Gasteiger partial charge in [0, 0.05) is 34.4 Å². The highest BCUT2D eigenvalue weighted by atomic mass is 32.1. The normalized spacial score (nSPS) is 10.9. The van der Waals surface area contributed by atoms with Crippen molar-refractivity contribution in [2.75, 3.05) is 19.0 Å². The molecule has 0 bridgehead atoms. The van der Waals surface area contributed by atoms with Crippen molar-refractivity contribution in [1.29, 1.82) is 0 Å². The number of benzene rings is 2. The van der Waals surface area contributed by atoms with E-state index in [2.05, 4.69) is 50.2 Å². The number of aryl methyl sites for hydroxylation is 1. The molecule has 2 heterocycles. The van der Waals surface area contributed by atoms with Gasteiger partial charge in [0.05, 0.1) is 25.2 Å². The molecular formula is C26H26N6O2S. The van der Waals surface area contributed by atoms with Gasteiger partial charge >= 0.3 is 0 Å². The number of carbonyl (C=O) groups is 1. The summed E-state index contributed by atoms with van der Waals surface area (Å²) >= 11 is 5.26. The fourth-order valence-electron chi connectivity index (χ4n) is 3.67. The Kier molecular flexibility index (Phi) is 7.69. The summed E-state index contributed by atoms with van der Waals surface area (Å²) in [7, 11) is 1.59. The topological polar surface area (TPSA) is 103 Å². The average molecular weight is 487 g/mol. The number of ether oxygens (including phenoxy) is 1. The summed E-state index contributed by atoms with van der Waals surface area (Å²) in [5.74, 6) is 0.556. The maximum atomic E-state index is 12.6. The number of hydrogen-bond acceptors (Lipinski definition) is 5. The molecule has 9 heteroatoms. The lowest BCUT2D eigenvalue weighted by molar-refractivity contribution is 0.0954. The Hall–Kier alpha value is -4.24. The first kappa shape index (κ1) is 23.9. The molecule has 0 aliphatic carbocycles. The monoisotopic (exact) mass is 486 g/mol. The minimum atomic E-state index is -0.119. The quantitative estimate of drug-likeness (QED) is 0.169. The second-order valence-electron chi connectivity index (χ2n) is 7.80. The summed E-state index contributed by atoms with van der Waals surface area (Å²) < 4.78 is 5.07. The summed E-state index contributed by atoms with van der Waals surface area (Å²) in [4.78, 5) is 20.1. The predicted octanol–water partition coefficient (Wildman–Crippen LogP) is 4.17. The lowest BCUT2D eigenvalue weighted by Crippen LogP contribution is -2.26. The van der Waals surface area contributed by atoms with Gasteiger partial charge in [-0.2, -0.15) is 5.10 Å². The number of amides is 1. The maximum absolute atomic E-state index is 12.6. The third-order valence-electron chi connectivity index (χ3n) is 5.45. The SMILES string of the molecule is COc1ccc(/C=N/NC(=S)Nc2ccc(C(=O)NCCc3c(C)[nH]c4ccccc34)cc2)nc1. The number of fused-ring (bicyclic) bond motifs is 1. The first-order valence-corrected chi connectivity index (χ1v) is 11.5. The van der Waals surface area contributed by atoms with E-state index in [0.29, 0.717) is 28.7 Å². The second kappa shape index (κ2) is 11.3. The van der Waals surface area contributed by atoms with Crippen LogP contribution < -0.4 is 20.8 Å². The van der Waals surface area contributed by atoms with Gasteiger partial charge in [-0.1, -0.05) is 18.2 Å². The molecule has 8 nitrogen and oxygen atoms in total. The van der Waals surface area contributed by atoms with Gasteiger partial charge in [-0.25, -0.2) is 0 Å². The van der Waals surface area contributed by atoms with Crippen LogP contribution in [0.3, 0.4) is 0 Å². The van der Waals surface area contributed by atoms with Crippen molar-refractivity contribution in [2.24, 2.45) is 5.10 Å². The largest absolute Gasteiger partial charge is 0.495 e. The molecule has 35 heavy (non-hydrogen) atoms. The molecule has 0 unspecified atom stereocenters. The number of methoxy groups -OCH3 is 1. The number of hydrazone groups is 1. The molecule has 1 amide bonds. The molecule has 0 aliphatic rings. The highest BCUT2D eigenvalue weighted by Crippen LogP contribution is 2.22. The Labute approximate surface area is 208 Å². The number of pyridine rings is 1. The first-order chi connectivity index (χ1) is 17.0. The fourth-order valence-corrected chi connectivity index (χ4v) is 3.84. The first-order valence-electron chi connectivity index (χ1n) is 11.1. The predicted molar refractivity (Wildman–Crippen MR) is 143 cm³/mol. The maximum Gasteiger partial charge on any atom is 0.251 e. The van der Waals surface area contributed by atoms with Crippen molar-refractivity contribution in [1.82, 2.24) is 20.7 Å². The van der Waals surface area contributed by atoms with E-state index in [1.807, 2.05) is 12.1 Å². The summed E-state index contributed by atoms with van der Waals surface area (Å²) in [6.07, 6.45) is 3.92. The van der Waals surface area contributed by atoms with E-state index in [-0.39, 0.29) is 5.91 Å². The molecule has 4 rings (SSSR count). The van der Waals surface area contributed by atoms with Gasteiger partial charge in [0.2, 0.25) is 0 Å². The lowest BCUT2D eigenvalue weighted by atomic mass is 10.1. The molecule has 0 saturated carbocycles. The number of nitrogens with zero attached hydrogens (tertiary/aromatic N) is 2. The summed E-state index contributed by atoms with van der Waals surface area (Å²) in [6.45, 7) is 2.61. The van der Waals surface area contributed by atoms with Gasteiger partial charge in [-0.15, -0.1) is 0 Å². The van der Waals surface area contributed by atoms with Crippen molar-refractivity contribution in [2.45, 2.75) is 13.3 Å². The number of aromatic nitrogens is 2. The van der Waals surface area contributed by atoms with Crippen LogP contribution in [0.25, 0.3) is 10.9 Å². The number of para-hydroxylation sites is 1. The summed E-state index contributed by atoms with van der Waals surface area (Å²) in [5.41, 5.74) is 8.20. The molecular weight excluding hydrogens is 460 g/mol. The van der Waals surface area contributed by atoms with Crippen molar-refractivity contribution in [3.63, 3.8) is 0 Å². The van der Waals surface area contributed by atoms with E-state index in [1.54, 1.807) is 55.9 Å². The molecule has 0 fully saturated rings. The Morgan fingerprint density at radius 2 is 1.94 bits per heavy atom. The van der Waals surface area contributed by atoms with Gasteiger partial charge in [0.15, 0.2) is 5.11 Å². The van der Waals surface area contributed by atoms with E-state index in [0.717, 1.165) is 23.3 Å². The van der Waals surface area contributed by atoms with E-state index in [4.69, 9.17) is 17.0 Å². The zero-order valence-corrected chi connectivity index (χ0v) is 20.3. The number of aromatic amines is 1. The number of thiocarbonyl (C=S) groups is 1. The zero-order valence-electron chi connectivity index (χ0n) is 19.5. The van der Waals surface area contributed by atoms with E-state index < -0.39 is 0 Å². The minimum Gasteiger partial charge on any atom is -0.495 e. The Bertz CT molecular complexity index is 1350. The van der Waals surface area contributed by atoms with Crippen LogP contribution in [0, 0.1) is 6.92 Å². The van der Waals surface area contributed by atoms with Crippen molar-refractivity contribution < 1.29 is 9.53 Å². The molecule has 2 aromatic carbocycles. The van der Waals surface area contributed by atoms with Crippen molar-refractivity contribution in [3.05, 3.63) is 89.4 Å². The number of H-pyrrole nitrogens is 1. The van der Waals surface area contributed by atoms with Crippen molar-refractivity contribution >= 4 is 46.0 Å². The number of nitrogens with one attached hydrogen (secondary N) is 4. The molecule has 0 saturated heterocycles. The van der Waals surface area contributed by atoms with Crippen LogP contribution in [-0.4, -0.2) is 40.9 Å².